The minimum atomic E-state index is -3.75. The SMILES string of the molecule is O=C(OCCCN(C1=NS(=O)(=O)c2ccccc21)c1ccccc1)c1cccc2ccccc12. The van der Waals surface area contributed by atoms with E-state index in [0.29, 0.717) is 29.9 Å². The van der Waals surface area contributed by atoms with Gasteiger partial charge in [0.15, 0.2) is 5.84 Å². The van der Waals surface area contributed by atoms with E-state index in [0.717, 1.165) is 16.5 Å². The molecule has 4 aromatic carbocycles. The van der Waals surface area contributed by atoms with Crippen LogP contribution >= 0.6 is 0 Å². The first-order valence-electron chi connectivity index (χ1n) is 11.0. The zero-order chi connectivity index (χ0) is 23.5. The molecule has 0 aromatic heterocycles. The Morgan fingerprint density at radius 3 is 2.38 bits per heavy atom. The molecule has 170 valence electrons. The number of rotatable bonds is 6. The summed E-state index contributed by atoms with van der Waals surface area (Å²) < 4.78 is 34.8. The molecule has 34 heavy (non-hydrogen) atoms. The molecule has 1 heterocycles. The second kappa shape index (κ2) is 9.11. The molecule has 0 saturated heterocycles. The fourth-order valence-corrected chi connectivity index (χ4v) is 5.33. The normalized spacial score (nSPS) is 13.8. The Morgan fingerprint density at radius 2 is 1.53 bits per heavy atom. The van der Waals surface area contributed by atoms with Crippen molar-refractivity contribution in [2.24, 2.45) is 4.40 Å². The van der Waals surface area contributed by atoms with Crippen molar-refractivity contribution in [1.82, 2.24) is 0 Å². The molecule has 0 amide bonds. The highest BCUT2D eigenvalue weighted by Gasteiger charge is 2.32. The lowest BCUT2D eigenvalue weighted by Crippen LogP contribution is -2.32. The smallest absolute Gasteiger partial charge is 0.338 e. The minimum Gasteiger partial charge on any atom is -0.462 e. The fraction of sp³-hybridized carbons (Fsp3) is 0.111. The number of carbonyl (C=O) groups excluding carboxylic acids is 1. The number of esters is 1. The lowest BCUT2D eigenvalue weighted by atomic mass is 10.1. The number of para-hydroxylation sites is 1. The van der Waals surface area contributed by atoms with Crippen molar-refractivity contribution in [3.8, 4) is 0 Å². The van der Waals surface area contributed by atoms with Crippen molar-refractivity contribution in [2.75, 3.05) is 18.1 Å². The average molecular weight is 471 g/mol. The van der Waals surface area contributed by atoms with E-state index < -0.39 is 10.0 Å². The second-order valence-electron chi connectivity index (χ2n) is 7.89. The van der Waals surface area contributed by atoms with Crippen LogP contribution in [0.25, 0.3) is 10.8 Å². The molecule has 0 spiro atoms. The summed E-state index contributed by atoms with van der Waals surface area (Å²) in [5, 5.41) is 1.83. The molecule has 0 N–H and O–H groups in total. The molecule has 0 radical (unpaired) electrons. The lowest BCUT2D eigenvalue weighted by molar-refractivity contribution is 0.0505. The van der Waals surface area contributed by atoms with Gasteiger partial charge in [0.25, 0.3) is 10.0 Å². The molecular formula is C27H22N2O4S. The van der Waals surface area contributed by atoms with Crippen molar-refractivity contribution in [1.29, 1.82) is 0 Å². The maximum atomic E-state index is 12.7. The number of ether oxygens (including phenoxy) is 1. The van der Waals surface area contributed by atoms with Gasteiger partial charge < -0.3 is 9.64 Å². The summed E-state index contributed by atoms with van der Waals surface area (Å²) in [5.74, 6) is -0.00336. The zero-order valence-corrected chi connectivity index (χ0v) is 19.1. The second-order valence-corrected chi connectivity index (χ2v) is 9.46. The van der Waals surface area contributed by atoms with Crippen LogP contribution in [0.1, 0.15) is 22.3 Å². The topological polar surface area (TPSA) is 76.0 Å². The van der Waals surface area contributed by atoms with Crippen LogP contribution in [0.15, 0.2) is 106 Å². The highest BCUT2D eigenvalue weighted by atomic mass is 32.2. The monoisotopic (exact) mass is 470 g/mol. The summed E-state index contributed by atoms with van der Waals surface area (Å²) in [6.45, 7) is 0.614. The highest BCUT2D eigenvalue weighted by molar-refractivity contribution is 7.90. The van der Waals surface area contributed by atoms with Gasteiger partial charge in [-0.05, 0) is 47.5 Å². The number of benzene rings is 4. The Kier molecular flexibility index (Phi) is 5.86. The van der Waals surface area contributed by atoms with Crippen LogP contribution in [0.3, 0.4) is 0 Å². The van der Waals surface area contributed by atoms with E-state index in [1.807, 2.05) is 71.6 Å². The van der Waals surface area contributed by atoms with Gasteiger partial charge in [-0.1, -0.05) is 66.7 Å². The Bertz CT molecular complexity index is 1490. The molecule has 7 heteroatoms. The van der Waals surface area contributed by atoms with Crippen LogP contribution in [0.4, 0.5) is 5.69 Å². The van der Waals surface area contributed by atoms with Crippen LogP contribution < -0.4 is 4.90 Å². The first-order chi connectivity index (χ1) is 16.5. The van der Waals surface area contributed by atoms with Crippen LogP contribution in [0.2, 0.25) is 0 Å². The summed E-state index contributed by atoms with van der Waals surface area (Å²) in [6, 6.07) is 29.5. The number of carbonyl (C=O) groups is 1. The van der Waals surface area contributed by atoms with E-state index in [2.05, 4.69) is 4.40 Å². The number of amidine groups is 1. The number of hydrogen-bond donors (Lipinski definition) is 0. The van der Waals surface area contributed by atoms with Crippen LogP contribution in [0, 0.1) is 0 Å². The van der Waals surface area contributed by atoms with Gasteiger partial charge in [0, 0.05) is 17.8 Å². The van der Waals surface area contributed by atoms with Gasteiger partial charge in [-0.3, -0.25) is 0 Å². The largest absolute Gasteiger partial charge is 0.462 e. The molecule has 0 unspecified atom stereocenters. The number of sulfonamides is 1. The summed E-state index contributed by atoms with van der Waals surface area (Å²) in [5.41, 5.74) is 1.91. The maximum Gasteiger partial charge on any atom is 0.338 e. The van der Waals surface area contributed by atoms with E-state index >= 15 is 0 Å². The molecule has 4 aromatic rings. The predicted molar refractivity (Wildman–Crippen MR) is 133 cm³/mol. The Balaban J connectivity index is 1.34. The van der Waals surface area contributed by atoms with E-state index in [4.69, 9.17) is 4.74 Å². The quantitative estimate of drug-likeness (QED) is 0.291. The van der Waals surface area contributed by atoms with Gasteiger partial charge >= 0.3 is 5.97 Å². The third-order valence-electron chi connectivity index (χ3n) is 5.70. The molecule has 0 atom stereocenters. The van der Waals surface area contributed by atoms with Crippen molar-refractivity contribution < 1.29 is 17.9 Å². The van der Waals surface area contributed by atoms with Gasteiger partial charge in [-0.2, -0.15) is 8.42 Å². The number of nitrogens with zero attached hydrogens (tertiary/aromatic N) is 2. The van der Waals surface area contributed by atoms with Gasteiger partial charge in [0.05, 0.1) is 12.2 Å². The van der Waals surface area contributed by atoms with Gasteiger partial charge in [-0.25, -0.2) is 4.79 Å². The minimum absolute atomic E-state index is 0.188. The third-order valence-corrected chi connectivity index (χ3v) is 7.03. The summed E-state index contributed by atoms with van der Waals surface area (Å²) in [4.78, 5) is 14.8. The lowest BCUT2D eigenvalue weighted by Gasteiger charge is -2.24. The molecule has 0 fully saturated rings. The third kappa shape index (κ3) is 4.18. The van der Waals surface area contributed by atoms with E-state index in [-0.39, 0.29) is 17.5 Å². The van der Waals surface area contributed by atoms with Gasteiger partial charge in [-0.15, -0.1) is 4.40 Å². The molecule has 6 nitrogen and oxygen atoms in total. The Labute approximate surface area is 198 Å². The van der Waals surface area contributed by atoms with E-state index in [1.54, 1.807) is 30.3 Å². The van der Waals surface area contributed by atoms with Crippen molar-refractivity contribution in [3.63, 3.8) is 0 Å². The van der Waals surface area contributed by atoms with Crippen molar-refractivity contribution >= 4 is 38.3 Å². The summed E-state index contributed by atoms with van der Waals surface area (Å²) in [6.07, 6.45) is 0.493. The molecule has 0 saturated carbocycles. The van der Waals surface area contributed by atoms with Gasteiger partial charge in [0.1, 0.15) is 4.90 Å². The first kappa shape index (κ1) is 21.9. The number of fused-ring (bicyclic) bond motifs is 2. The Morgan fingerprint density at radius 1 is 0.824 bits per heavy atom. The van der Waals surface area contributed by atoms with Crippen molar-refractivity contribution in [3.05, 3.63) is 108 Å². The highest BCUT2D eigenvalue weighted by Crippen LogP contribution is 2.30. The Hall–Kier alpha value is -3.97. The summed E-state index contributed by atoms with van der Waals surface area (Å²) in [7, 11) is -3.75. The average Bonchev–Trinajstić information content (AvgIpc) is 3.14. The predicted octanol–water partition coefficient (Wildman–Crippen LogP) is 5.04. The van der Waals surface area contributed by atoms with Crippen molar-refractivity contribution in [2.45, 2.75) is 11.3 Å². The van der Waals surface area contributed by atoms with Crippen LogP contribution in [0.5, 0.6) is 0 Å². The summed E-state index contributed by atoms with van der Waals surface area (Å²) >= 11 is 0. The molecule has 1 aliphatic rings. The maximum absolute atomic E-state index is 12.7. The van der Waals surface area contributed by atoms with Gasteiger partial charge in [0.2, 0.25) is 0 Å². The molecular weight excluding hydrogens is 448 g/mol. The van der Waals surface area contributed by atoms with E-state index in [9.17, 15) is 13.2 Å². The number of anilines is 1. The molecule has 5 rings (SSSR count). The fourth-order valence-electron chi connectivity index (χ4n) is 4.12. The molecule has 0 bridgehead atoms. The number of hydrogen-bond acceptors (Lipinski definition) is 5. The molecule has 1 aliphatic heterocycles. The van der Waals surface area contributed by atoms with Crippen LogP contribution in [-0.4, -0.2) is 33.4 Å². The molecule has 0 aliphatic carbocycles. The first-order valence-corrected chi connectivity index (χ1v) is 12.4. The van der Waals surface area contributed by atoms with E-state index in [1.165, 1.54) is 0 Å². The zero-order valence-electron chi connectivity index (χ0n) is 18.3. The standard InChI is InChI=1S/C27H22N2O4S/c30-27(23-16-8-11-20-10-4-5-14-22(20)23)33-19-9-18-29(21-12-2-1-3-13-21)26-24-15-6-7-17-25(24)34(31,32)28-26/h1-8,10-17H,9,18-19H2. The van der Waals surface area contributed by atoms with Crippen LogP contribution in [-0.2, 0) is 14.8 Å².